The number of methoxy groups -OCH3 is 1. The molecule has 0 saturated heterocycles. The molecule has 1 aliphatic carbocycles. The van der Waals surface area contributed by atoms with Gasteiger partial charge in [-0.05, 0) is 80.3 Å². The summed E-state index contributed by atoms with van der Waals surface area (Å²) in [5.74, 6) is 0.738. The number of rotatable bonds is 7. The van der Waals surface area contributed by atoms with Crippen molar-refractivity contribution in [3.63, 3.8) is 0 Å². The quantitative estimate of drug-likeness (QED) is 0.565. The van der Waals surface area contributed by atoms with Gasteiger partial charge in [0, 0.05) is 5.71 Å². The van der Waals surface area contributed by atoms with E-state index in [0.29, 0.717) is 17.4 Å². The standard InChI is InChI=1S/C26H35N3O4S/c1-19-6-16-24(17-7-19)34(31,32)29(22-12-14-23(33-5)15-13-22)18-25(30)28-27-21-10-8-20(9-11-21)26(2,3)4/h6-7,12-17,20H,8-11,18H2,1-5H3,(H,28,30). The number of ether oxygens (including phenoxy) is 1. The predicted molar refractivity (Wildman–Crippen MR) is 136 cm³/mol. The van der Waals surface area contributed by atoms with E-state index in [9.17, 15) is 13.2 Å². The number of amides is 1. The van der Waals surface area contributed by atoms with E-state index in [1.54, 1.807) is 48.5 Å². The highest BCUT2D eigenvalue weighted by Crippen LogP contribution is 2.36. The molecule has 184 valence electrons. The van der Waals surface area contributed by atoms with Gasteiger partial charge in [-0.3, -0.25) is 9.10 Å². The summed E-state index contributed by atoms with van der Waals surface area (Å²) in [7, 11) is -2.43. The number of aryl methyl sites for hydroxylation is 1. The molecule has 2 aromatic rings. The molecular weight excluding hydrogens is 450 g/mol. The van der Waals surface area contributed by atoms with E-state index >= 15 is 0 Å². The first-order valence-corrected chi connectivity index (χ1v) is 13.0. The Labute approximate surface area is 203 Å². The fraction of sp³-hybridized carbons (Fsp3) is 0.462. The topological polar surface area (TPSA) is 88.1 Å². The number of nitrogens with one attached hydrogen (secondary N) is 1. The van der Waals surface area contributed by atoms with Gasteiger partial charge in [-0.1, -0.05) is 38.5 Å². The Morgan fingerprint density at radius 2 is 1.65 bits per heavy atom. The molecule has 34 heavy (non-hydrogen) atoms. The summed E-state index contributed by atoms with van der Waals surface area (Å²) in [5, 5.41) is 4.32. The molecule has 1 N–H and O–H groups in total. The van der Waals surface area contributed by atoms with E-state index in [4.69, 9.17) is 4.74 Å². The van der Waals surface area contributed by atoms with Crippen molar-refractivity contribution in [2.24, 2.45) is 16.4 Å². The molecule has 1 aliphatic rings. The van der Waals surface area contributed by atoms with Crippen LogP contribution in [0.5, 0.6) is 5.75 Å². The summed E-state index contributed by atoms with van der Waals surface area (Å²) >= 11 is 0. The Morgan fingerprint density at radius 3 is 2.18 bits per heavy atom. The summed E-state index contributed by atoms with van der Waals surface area (Å²) in [5.41, 5.74) is 5.11. The largest absolute Gasteiger partial charge is 0.497 e. The molecule has 2 aromatic carbocycles. The van der Waals surface area contributed by atoms with Crippen LogP contribution < -0.4 is 14.5 Å². The summed E-state index contributed by atoms with van der Waals surface area (Å²) in [6.45, 7) is 8.26. The molecule has 0 spiro atoms. The molecule has 0 unspecified atom stereocenters. The van der Waals surface area contributed by atoms with Crippen molar-refractivity contribution >= 4 is 27.3 Å². The van der Waals surface area contributed by atoms with E-state index in [0.717, 1.165) is 41.3 Å². The summed E-state index contributed by atoms with van der Waals surface area (Å²) < 4.78 is 33.2. The highest BCUT2D eigenvalue weighted by molar-refractivity contribution is 7.92. The van der Waals surface area contributed by atoms with Gasteiger partial charge in [0.05, 0.1) is 17.7 Å². The Hall–Kier alpha value is -2.87. The molecule has 0 bridgehead atoms. The van der Waals surface area contributed by atoms with Crippen molar-refractivity contribution in [3.8, 4) is 5.75 Å². The lowest BCUT2D eigenvalue weighted by Gasteiger charge is -2.34. The van der Waals surface area contributed by atoms with Crippen molar-refractivity contribution in [2.75, 3.05) is 18.0 Å². The molecule has 1 amide bonds. The van der Waals surface area contributed by atoms with E-state index in [-0.39, 0.29) is 16.9 Å². The third kappa shape index (κ3) is 6.38. The molecule has 1 fully saturated rings. The van der Waals surface area contributed by atoms with Crippen molar-refractivity contribution in [1.29, 1.82) is 0 Å². The van der Waals surface area contributed by atoms with Crippen molar-refractivity contribution in [2.45, 2.75) is 58.3 Å². The SMILES string of the molecule is COc1ccc(N(CC(=O)NN=C2CCC(C(C)(C)C)CC2)S(=O)(=O)c2ccc(C)cc2)cc1. The van der Waals surface area contributed by atoms with E-state index in [2.05, 4.69) is 31.3 Å². The average molecular weight is 486 g/mol. The van der Waals surface area contributed by atoms with Crippen LogP contribution in [0.15, 0.2) is 58.5 Å². The first-order valence-electron chi connectivity index (χ1n) is 11.6. The zero-order chi connectivity index (χ0) is 24.9. The molecule has 8 heteroatoms. The number of sulfonamides is 1. The molecule has 0 radical (unpaired) electrons. The lowest BCUT2D eigenvalue weighted by atomic mass is 9.72. The van der Waals surface area contributed by atoms with Gasteiger partial charge in [0.15, 0.2) is 0 Å². The summed E-state index contributed by atoms with van der Waals surface area (Å²) in [4.78, 5) is 12.9. The number of hydrazone groups is 1. The maximum Gasteiger partial charge on any atom is 0.264 e. The molecule has 7 nitrogen and oxygen atoms in total. The molecule has 3 rings (SSSR count). The second-order valence-electron chi connectivity index (χ2n) is 9.88. The number of anilines is 1. The van der Waals surface area contributed by atoms with Crippen LogP contribution in [0.2, 0.25) is 0 Å². The van der Waals surface area contributed by atoms with Gasteiger partial charge in [-0.15, -0.1) is 0 Å². The van der Waals surface area contributed by atoms with Crippen LogP contribution in [0.3, 0.4) is 0 Å². The predicted octanol–water partition coefficient (Wildman–Crippen LogP) is 4.91. The Morgan fingerprint density at radius 1 is 1.06 bits per heavy atom. The van der Waals surface area contributed by atoms with Gasteiger partial charge in [0.25, 0.3) is 15.9 Å². The third-order valence-electron chi connectivity index (χ3n) is 6.38. The van der Waals surface area contributed by atoms with Crippen molar-refractivity contribution < 1.29 is 17.9 Å². The van der Waals surface area contributed by atoms with Gasteiger partial charge in [0.2, 0.25) is 0 Å². The van der Waals surface area contributed by atoms with Gasteiger partial charge >= 0.3 is 0 Å². The summed E-state index contributed by atoms with van der Waals surface area (Å²) in [6.07, 6.45) is 3.76. The van der Waals surface area contributed by atoms with E-state index in [1.807, 2.05) is 6.92 Å². The average Bonchev–Trinajstić information content (AvgIpc) is 2.81. The van der Waals surface area contributed by atoms with Crippen LogP contribution in [0.4, 0.5) is 5.69 Å². The van der Waals surface area contributed by atoms with Gasteiger partial charge in [0.1, 0.15) is 12.3 Å². The highest BCUT2D eigenvalue weighted by Gasteiger charge is 2.29. The minimum absolute atomic E-state index is 0.119. The number of hydrogen-bond acceptors (Lipinski definition) is 5. The minimum Gasteiger partial charge on any atom is -0.497 e. The molecule has 0 heterocycles. The van der Waals surface area contributed by atoms with Crippen molar-refractivity contribution in [3.05, 3.63) is 54.1 Å². The number of nitrogens with zero attached hydrogens (tertiary/aromatic N) is 2. The monoisotopic (exact) mass is 485 g/mol. The number of carbonyl (C=O) groups is 1. The fourth-order valence-corrected chi connectivity index (χ4v) is 5.56. The van der Waals surface area contributed by atoms with Crippen LogP contribution in [0.25, 0.3) is 0 Å². The molecule has 0 aromatic heterocycles. The second-order valence-corrected chi connectivity index (χ2v) is 11.7. The smallest absolute Gasteiger partial charge is 0.264 e. The lowest BCUT2D eigenvalue weighted by Crippen LogP contribution is -2.40. The van der Waals surface area contributed by atoms with Gasteiger partial charge < -0.3 is 4.74 Å². The molecule has 1 saturated carbocycles. The zero-order valence-corrected chi connectivity index (χ0v) is 21.5. The maximum absolute atomic E-state index is 13.4. The number of carbonyl (C=O) groups excluding carboxylic acids is 1. The zero-order valence-electron chi connectivity index (χ0n) is 20.7. The molecular formula is C26H35N3O4S. The lowest BCUT2D eigenvalue weighted by molar-refractivity contribution is -0.119. The van der Waals surface area contributed by atoms with Crippen LogP contribution >= 0.6 is 0 Å². The van der Waals surface area contributed by atoms with Crippen molar-refractivity contribution in [1.82, 2.24) is 5.43 Å². The van der Waals surface area contributed by atoms with E-state index < -0.39 is 15.9 Å². The number of hydrogen-bond donors (Lipinski definition) is 1. The first-order chi connectivity index (χ1) is 16.0. The highest BCUT2D eigenvalue weighted by atomic mass is 32.2. The van der Waals surface area contributed by atoms with Gasteiger partial charge in [-0.2, -0.15) is 5.10 Å². The maximum atomic E-state index is 13.4. The second kappa shape index (κ2) is 10.6. The van der Waals surface area contributed by atoms with Crippen LogP contribution in [0.1, 0.15) is 52.0 Å². The van der Waals surface area contributed by atoms with E-state index in [1.165, 1.54) is 7.11 Å². The Balaban J connectivity index is 1.77. The first kappa shape index (κ1) is 25.7. The van der Waals surface area contributed by atoms with Crippen LogP contribution in [-0.2, 0) is 14.8 Å². The Bertz CT molecular complexity index is 1110. The molecule has 0 atom stereocenters. The third-order valence-corrected chi connectivity index (χ3v) is 8.17. The van der Waals surface area contributed by atoms with Crippen LogP contribution in [0, 0.1) is 18.3 Å². The summed E-state index contributed by atoms with van der Waals surface area (Å²) in [6, 6.07) is 13.1. The van der Waals surface area contributed by atoms with Gasteiger partial charge in [-0.25, -0.2) is 13.8 Å². The minimum atomic E-state index is -3.97. The molecule has 0 aliphatic heterocycles. The van der Waals surface area contributed by atoms with Crippen LogP contribution in [-0.4, -0.2) is 33.7 Å². The normalized spacial score (nSPS) is 16.6. The fourth-order valence-electron chi connectivity index (χ4n) is 4.14. The Kier molecular flexibility index (Phi) is 8.02. The number of benzene rings is 2.